The lowest BCUT2D eigenvalue weighted by Crippen LogP contribution is -2.04. The minimum atomic E-state index is 0.247. The molecule has 3 aromatic rings. The van der Waals surface area contributed by atoms with Crippen molar-refractivity contribution in [1.82, 2.24) is 20.2 Å². The third kappa shape index (κ3) is 4.81. The first-order valence-corrected chi connectivity index (χ1v) is 9.10. The number of hydrogen-bond donors (Lipinski definition) is 1. The number of halogens is 2. The van der Waals surface area contributed by atoms with Gasteiger partial charge in [0.25, 0.3) is 5.95 Å². The maximum atomic E-state index is 6.18. The summed E-state index contributed by atoms with van der Waals surface area (Å²) < 4.78 is 11.3. The van der Waals surface area contributed by atoms with Crippen molar-refractivity contribution in [3.05, 3.63) is 57.6 Å². The van der Waals surface area contributed by atoms with Gasteiger partial charge < -0.3 is 14.8 Å². The van der Waals surface area contributed by atoms with Gasteiger partial charge in [-0.15, -0.1) is 5.10 Å². The van der Waals surface area contributed by atoms with E-state index in [4.69, 9.17) is 32.7 Å². The van der Waals surface area contributed by atoms with Crippen LogP contribution in [0.4, 0.5) is 5.95 Å². The second-order valence-electron chi connectivity index (χ2n) is 5.63. The van der Waals surface area contributed by atoms with Crippen molar-refractivity contribution in [3.8, 4) is 11.5 Å². The van der Waals surface area contributed by atoms with Crippen molar-refractivity contribution in [2.24, 2.45) is 0 Å². The van der Waals surface area contributed by atoms with E-state index in [-0.39, 0.29) is 6.61 Å². The van der Waals surface area contributed by atoms with Gasteiger partial charge in [0, 0.05) is 22.2 Å². The number of nitrogens with one attached hydrogen (secondary N) is 1. The number of aryl methyl sites for hydroxylation is 1. The number of nitrogens with zero attached hydrogens (tertiary/aromatic N) is 4. The maximum absolute atomic E-state index is 6.18. The van der Waals surface area contributed by atoms with Crippen molar-refractivity contribution in [2.45, 2.75) is 26.6 Å². The molecule has 0 aliphatic carbocycles. The van der Waals surface area contributed by atoms with Crippen molar-refractivity contribution in [1.29, 1.82) is 0 Å². The zero-order chi connectivity index (χ0) is 19.2. The zero-order valence-corrected chi connectivity index (χ0v) is 16.5. The summed E-state index contributed by atoms with van der Waals surface area (Å²) in [5, 5.41) is 16.3. The third-order valence-electron chi connectivity index (χ3n) is 3.85. The highest BCUT2D eigenvalue weighted by atomic mass is 35.5. The number of ether oxygens (including phenoxy) is 2. The molecular formula is C18H19Cl2N5O2. The Morgan fingerprint density at radius 1 is 1.11 bits per heavy atom. The molecule has 1 aromatic heterocycles. The van der Waals surface area contributed by atoms with Crippen LogP contribution in [0.25, 0.3) is 0 Å². The first-order chi connectivity index (χ1) is 13.1. The topological polar surface area (TPSA) is 74.1 Å². The van der Waals surface area contributed by atoms with E-state index in [0.29, 0.717) is 40.6 Å². The molecule has 3 rings (SSSR count). The molecule has 0 radical (unpaired) electrons. The average Bonchev–Trinajstić information content (AvgIpc) is 3.14. The van der Waals surface area contributed by atoms with Crippen LogP contribution >= 0.6 is 23.2 Å². The fourth-order valence-electron chi connectivity index (χ4n) is 2.39. The monoisotopic (exact) mass is 407 g/mol. The van der Waals surface area contributed by atoms with E-state index in [0.717, 1.165) is 11.1 Å². The van der Waals surface area contributed by atoms with Crippen LogP contribution in [0.5, 0.6) is 11.5 Å². The number of hydrogen-bond acceptors (Lipinski definition) is 6. The van der Waals surface area contributed by atoms with Gasteiger partial charge in [-0.05, 0) is 42.0 Å². The second-order valence-corrected chi connectivity index (χ2v) is 6.44. The third-order valence-corrected chi connectivity index (χ3v) is 4.56. The Bertz CT molecular complexity index is 896. The first kappa shape index (κ1) is 19.3. The zero-order valence-electron chi connectivity index (χ0n) is 14.9. The van der Waals surface area contributed by atoms with Crippen LogP contribution in [0.1, 0.15) is 18.1 Å². The number of aromatic nitrogens is 4. The van der Waals surface area contributed by atoms with Gasteiger partial charge in [-0.25, -0.2) is 0 Å². The Labute approximate surface area is 167 Å². The summed E-state index contributed by atoms with van der Waals surface area (Å²) in [6.45, 7) is 3.40. The summed E-state index contributed by atoms with van der Waals surface area (Å²) in [4.78, 5) is 1.51. The van der Waals surface area contributed by atoms with E-state index in [1.807, 2.05) is 25.1 Å². The van der Waals surface area contributed by atoms with Crippen LogP contribution in [0.15, 0.2) is 36.4 Å². The Hall–Kier alpha value is -2.51. The normalized spacial score (nSPS) is 10.7. The molecule has 2 aromatic carbocycles. The Morgan fingerprint density at radius 3 is 2.56 bits per heavy atom. The highest BCUT2D eigenvalue weighted by Gasteiger charge is 2.10. The van der Waals surface area contributed by atoms with Gasteiger partial charge in [-0.1, -0.05) is 40.4 Å². The van der Waals surface area contributed by atoms with Gasteiger partial charge in [-0.2, -0.15) is 4.80 Å². The summed E-state index contributed by atoms with van der Waals surface area (Å²) in [6.07, 6.45) is 0. The van der Waals surface area contributed by atoms with E-state index < -0.39 is 0 Å². The molecule has 0 aliphatic rings. The van der Waals surface area contributed by atoms with E-state index in [9.17, 15) is 0 Å². The van der Waals surface area contributed by atoms with Crippen LogP contribution in [-0.2, 0) is 19.7 Å². The molecule has 0 aliphatic heterocycles. The van der Waals surface area contributed by atoms with Crippen LogP contribution < -0.4 is 14.8 Å². The lowest BCUT2D eigenvalue weighted by Gasteiger charge is -2.13. The average molecular weight is 408 g/mol. The summed E-state index contributed by atoms with van der Waals surface area (Å²) in [6, 6.07) is 11.0. The largest absolute Gasteiger partial charge is 0.493 e. The predicted molar refractivity (Wildman–Crippen MR) is 105 cm³/mol. The first-order valence-electron chi connectivity index (χ1n) is 8.35. The summed E-state index contributed by atoms with van der Waals surface area (Å²) in [5.74, 6) is 1.69. The molecule has 0 spiro atoms. The molecule has 1 heterocycles. The fourth-order valence-corrected chi connectivity index (χ4v) is 2.90. The molecule has 0 unspecified atom stereocenters. The van der Waals surface area contributed by atoms with Gasteiger partial charge >= 0.3 is 0 Å². The number of tetrazole rings is 1. The number of methoxy groups -OCH3 is 1. The van der Waals surface area contributed by atoms with Gasteiger partial charge in [0.15, 0.2) is 11.5 Å². The SMILES string of the molecule is CCn1nnc(NCc2ccc(OCc3c(Cl)cccc3Cl)c(OC)c2)n1. The van der Waals surface area contributed by atoms with Gasteiger partial charge in [0.2, 0.25) is 0 Å². The second kappa shape index (κ2) is 8.92. The van der Waals surface area contributed by atoms with Crippen molar-refractivity contribution >= 4 is 29.2 Å². The van der Waals surface area contributed by atoms with Crippen LogP contribution in [0, 0.1) is 0 Å². The van der Waals surface area contributed by atoms with Gasteiger partial charge in [0.1, 0.15) is 6.61 Å². The van der Waals surface area contributed by atoms with E-state index in [1.165, 1.54) is 4.80 Å². The smallest absolute Gasteiger partial charge is 0.263 e. The molecule has 27 heavy (non-hydrogen) atoms. The molecule has 9 heteroatoms. The molecule has 0 saturated heterocycles. The molecule has 0 atom stereocenters. The lowest BCUT2D eigenvalue weighted by atomic mass is 10.2. The maximum Gasteiger partial charge on any atom is 0.263 e. The number of rotatable bonds is 8. The molecule has 1 N–H and O–H groups in total. The highest BCUT2D eigenvalue weighted by Crippen LogP contribution is 2.31. The number of benzene rings is 2. The lowest BCUT2D eigenvalue weighted by molar-refractivity contribution is 0.284. The van der Waals surface area contributed by atoms with Crippen LogP contribution in [0.2, 0.25) is 10.0 Å². The molecule has 142 valence electrons. The van der Waals surface area contributed by atoms with Gasteiger partial charge in [-0.3, -0.25) is 0 Å². The number of anilines is 1. The van der Waals surface area contributed by atoms with E-state index >= 15 is 0 Å². The highest BCUT2D eigenvalue weighted by molar-refractivity contribution is 6.35. The Morgan fingerprint density at radius 2 is 1.89 bits per heavy atom. The summed E-state index contributed by atoms with van der Waals surface area (Å²) >= 11 is 12.4. The molecular weight excluding hydrogens is 389 g/mol. The Balaban J connectivity index is 1.66. The van der Waals surface area contributed by atoms with Gasteiger partial charge in [0.05, 0.1) is 13.7 Å². The van der Waals surface area contributed by atoms with Crippen molar-refractivity contribution < 1.29 is 9.47 Å². The summed E-state index contributed by atoms with van der Waals surface area (Å²) in [7, 11) is 1.59. The molecule has 0 saturated carbocycles. The Kier molecular flexibility index (Phi) is 6.36. The molecule has 0 amide bonds. The van der Waals surface area contributed by atoms with Crippen LogP contribution in [0.3, 0.4) is 0 Å². The van der Waals surface area contributed by atoms with E-state index in [1.54, 1.807) is 25.3 Å². The quantitative estimate of drug-likeness (QED) is 0.602. The minimum Gasteiger partial charge on any atom is -0.493 e. The molecule has 0 bridgehead atoms. The van der Waals surface area contributed by atoms with Crippen molar-refractivity contribution in [2.75, 3.05) is 12.4 Å². The molecule has 7 nitrogen and oxygen atoms in total. The summed E-state index contributed by atoms with van der Waals surface area (Å²) in [5.41, 5.74) is 1.72. The van der Waals surface area contributed by atoms with E-state index in [2.05, 4.69) is 20.7 Å². The predicted octanol–water partition coefficient (Wildman–Crippen LogP) is 4.20. The fraction of sp³-hybridized carbons (Fsp3) is 0.278. The standard InChI is InChI=1S/C18H19Cl2N5O2/c1-3-25-23-18(22-24-25)21-10-12-7-8-16(17(9-12)26-2)27-11-13-14(19)5-4-6-15(13)20/h4-9H,3,10-11H2,1-2H3,(H,21,23). The molecule has 0 fully saturated rings. The van der Waals surface area contributed by atoms with Crippen molar-refractivity contribution in [3.63, 3.8) is 0 Å². The minimum absolute atomic E-state index is 0.247. The van der Waals surface area contributed by atoms with Crippen LogP contribution in [-0.4, -0.2) is 27.3 Å².